The summed E-state index contributed by atoms with van der Waals surface area (Å²) in [6.07, 6.45) is 0. The first kappa shape index (κ1) is 16.1. The minimum absolute atomic E-state index is 0.525. The predicted octanol–water partition coefficient (Wildman–Crippen LogP) is 1.26. The van der Waals surface area contributed by atoms with Crippen LogP contribution in [0.4, 0.5) is 5.69 Å². The number of anilines is 1. The maximum atomic E-state index is 8.58. The summed E-state index contributed by atoms with van der Waals surface area (Å²) in [5.74, 6) is 0.855. The number of benzene rings is 2. The van der Waals surface area contributed by atoms with Crippen molar-refractivity contribution in [3.8, 4) is 5.75 Å². The van der Waals surface area contributed by atoms with Crippen LogP contribution in [-0.2, 0) is 0 Å². The van der Waals surface area contributed by atoms with Crippen LogP contribution in [0, 0.1) is 13.8 Å². The van der Waals surface area contributed by atoms with E-state index in [0.717, 1.165) is 22.6 Å². The zero-order chi connectivity index (χ0) is 15.1. The van der Waals surface area contributed by atoms with Gasteiger partial charge in [-0.3, -0.25) is 0 Å². The zero-order valence-electron chi connectivity index (χ0n) is 12.0. The first-order chi connectivity index (χ1) is 9.47. The molecule has 2 aromatic rings. The number of aryl methyl sites for hydroxylation is 1. The van der Waals surface area contributed by atoms with Crippen LogP contribution in [0.5, 0.6) is 5.75 Å². The molecule has 0 fully saturated rings. The Kier molecular flexibility index (Phi) is 6.09. The fourth-order valence-corrected chi connectivity index (χ4v) is 1.69. The Balaban J connectivity index is 0.000000204. The molecular weight excluding hydrogens is 253 g/mol. The third kappa shape index (κ3) is 4.29. The lowest BCUT2D eigenvalue weighted by Crippen LogP contribution is -2.29. The van der Waals surface area contributed by atoms with Crippen LogP contribution >= 0.6 is 0 Å². The van der Waals surface area contributed by atoms with Crippen LogP contribution in [-0.4, -0.2) is 24.3 Å². The lowest BCUT2D eigenvalue weighted by Gasteiger charge is -2.08. The van der Waals surface area contributed by atoms with Crippen molar-refractivity contribution < 1.29 is 14.8 Å². The molecule has 0 spiro atoms. The van der Waals surface area contributed by atoms with Gasteiger partial charge in [-0.25, -0.2) is 0 Å². The molecule has 0 heterocycles. The number of nitrogens with two attached hydrogens (primary N) is 1. The molecular formula is C15H20BNO3. The highest BCUT2D eigenvalue weighted by molar-refractivity contribution is 6.58. The Morgan fingerprint density at radius 3 is 2.05 bits per heavy atom. The van der Waals surface area contributed by atoms with Crippen molar-refractivity contribution in [3.05, 3.63) is 53.6 Å². The smallest absolute Gasteiger partial charge is 0.488 e. The van der Waals surface area contributed by atoms with E-state index < -0.39 is 7.12 Å². The molecule has 5 heteroatoms. The molecule has 0 aromatic heterocycles. The Morgan fingerprint density at radius 2 is 1.60 bits per heavy atom. The normalized spacial score (nSPS) is 9.45. The van der Waals surface area contributed by atoms with Crippen molar-refractivity contribution in [2.45, 2.75) is 13.8 Å². The van der Waals surface area contributed by atoms with Gasteiger partial charge in [0, 0.05) is 11.3 Å². The molecule has 0 unspecified atom stereocenters. The van der Waals surface area contributed by atoms with E-state index in [-0.39, 0.29) is 0 Å². The summed E-state index contributed by atoms with van der Waals surface area (Å²) in [6, 6.07) is 12.5. The molecule has 2 rings (SSSR count). The molecule has 0 saturated carbocycles. The van der Waals surface area contributed by atoms with Crippen molar-refractivity contribution in [2.24, 2.45) is 0 Å². The standard InChI is InChI=1S/C9H13NO.C6H7BO2/c1-6-4-5-8(11-3)7(2)9(6)10;8-7(9)6-4-2-1-3-5-6/h4-5H,10H2,1-3H3;1-5,8-9H. The second kappa shape index (κ2) is 7.57. The van der Waals surface area contributed by atoms with Gasteiger partial charge >= 0.3 is 7.12 Å². The third-order valence-corrected chi connectivity index (χ3v) is 3.00. The number of rotatable bonds is 2. The molecule has 0 saturated heterocycles. The fraction of sp³-hybridized carbons (Fsp3) is 0.200. The molecule has 0 amide bonds. The van der Waals surface area contributed by atoms with Gasteiger partial charge in [0.05, 0.1) is 7.11 Å². The van der Waals surface area contributed by atoms with E-state index in [4.69, 9.17) is 20.5 Å². The van der Waals surface area contributed by atoms with E-state index in [1.165, 1.54) is 0 Å². The summed E-state index contributed by atoms with van der Waals surface area (Å²) in [5, 5.41) is 17.2. The molecule has 0 radical (unpaired) electrons. The van der Waals surface area contributed by atoms with Crippen LogP contribution in [0.2, 0.25) is 0 Å². The monoisotopic (exact) mass is 273 g/mol. The van der Waals surface area contributed by atoms with Gasteiger partial charge in [-0.2, -0.15) is 0 Å². The zero-order valence-corrected chi connectivity index (χ0v) is 12.0. The van der Waals surface area contributed by atoms with Crippen LogP contribution in [0.3, 0.4) is 0 Å². The largest absolute Gasteiger partial charge is 0.496 e. The van der Waals surface area contributed by atoms with Gasteiger partial charge < -0.3 is 20.5 Å². The fourth-order valence-electron chi connectivity index (χ4n) is 1.69. The van der Waals surface area contributed by atoms with Crippen molar-refractivity contribution in [1.29, 1.82) is 0 Å². The molecule has 0 aliphatic heterocycles. The lowest BCUT2D eigenvalue weighted by molar-refractivity contribution is 0.412. The van der Waals surface area contributed by atoms with E-state index in [1.54, 1.807) is 31.4 Å². The highest BCUT2D eigenvalue weighted by Gasteiger charge is 2.07. The highest BCUT2D eigenvalue weighted by Crippen LogP contribution is 2.25. The number of methoxy groups -OCH3 is 1. The summed E-state index contributed by atoms with van der Waals surface area (Å²) in [5.41, 5.74) is 9.25. The van der Waals surface area contributed by atoms with Gasteiger partial charge in [-0.1, -0.05) is 36.4 Å². The molecule has 0 aliphatic rings. The summed E-state index contributed by atoms with van der Waals surface area (Å²) in [6.45, 7) is 3.95. The summed E-state index contributed by atoms with van der Waals surface area (Å²) >= 11 is 0. The first-order valence-corrected chi connectivity index (χ1v) is 6.28. The molecule has 4 N–H and O–H groups in total. The molecule has 0 aliphatic carbocycles. The number of nitrogen functional groups attached to an aromatic ring is 1. The Bertz CT molecular complexity index is 544. The van der Waals surface area contributed by atoms with Gasteiger partial charge in [0.2, 0.25) is 0 Å². The summed E-state index contributed by atoms with van der Waals surface area (Å²) in [4.78, 5) is 0. The van der Waals surface area contributed by atoms with Crippen LogP contribution in [0.1, 0.15) is 11.1 Å². The van der Waals surface area contributed by atoms with Crippen molar-refractivity contribution in [1.82, 2.24) is 0 Å². The summed E-state index contributed by atoms with van der Waals surface area (Å²) in [7, 11) is 0.308. The average molecular weight is 273 g/mol. The topological polar surface area (TPSA) is 75.7 Å². The van der Waals surface area contributed by atoms with Crippen molar-refractivity contribution in [3.63, 3.8) is 0 Å². The van der Waals surface area contributed by atoms with Gasteiger partial charge in [0.1, 0.15) is 5.75 Å². The minimum Gasteiger partial charge on any atom is -0.496 e. The molecule has 4 nitrogen and oxygen atoms in total. The van der Waals surface area contributed by atoms with Gasteiger partial charge in [0.15, 0.2) is 0 Å². The second-order valence-corrected chi connectivity index (χ2v) is 4.41. The Morgan fingerprint density at radius 1 is 1.00 bits per heavy atom. The number of ether oxygens (including phenoxy) is 1. The van der Waals surface area contributed by atoms with Crippen LogP contribution < -0.4 is 15.9 Å². The second-order valence-electron chi connectivity index (χ2n) is 4.41. The molecule has 0 atom stereocenters. The quantitative estimate of drug-likeness (QED) is 0.568. The van der Waals surface area contributed by atoms with Crippen molar-refractivity contribution >= 4 is 18.3 Å². The average Bonchev–Trinajstić information content (AvgIpc) is 2.47. The Hall–Kier alpha value is -1.98. The van der Waals surface area contributed by atoms with Gasteiger partial charge in [-0.15, -0.1) is 0 Å². The maximum Gasteiger partial charge on any atom is 0.488 e. The van der Waals surface area contributed by atoms with E-state index in [0.29, 0.717) is 5.46 Å². The summed E-state index contributed by atoms with van der Waals surface area (Å²) < 4.78 is 5.10. The Labute approximate surface area is 120 Å². The first-order valence-electron chi connectivity index (χ1n) is 6.28. The van der Waals surface area contributed by atoms with E-state index >= 15 is 0 Å². The van der Waals surface area contributed by atoms with Gasteiger partial charge in [0.25, 0.3) is 0 Å². The minimum atomic E-state index is -1.34. The predicted molar refractivity (Wildman–Crippen MR) is 83.1 cm³/mol. The SMILES string of the molecule is COc1ccc(C)c(N)c1C.OB(O)c1ccccc1. The number of hydrogen-bond acceptors (Lipinski definition) is 4. The lowest BCUT2D eigenvalue weighted by atomic mass is 9.81. The molecule has 2 aromatic carbocycles. The molecule has 0 bridgehead atoms. The molecule has 106 valence electrons. The van der Waals surface area contributed by atoms with Crippen LogP contribution in [0.15, 0.2) is 42.5 Å². The highest BCUT2D eigenvalue weighted by atomic mass is 16.5. The number of hydrogen-bond donors (Lipinski definition) is 3. The maximum absolute atomic E-state index is 8.58. The van der Waals surface area contributed by atoms with E-state index in [2.05, 4.69) is 0 Å². The third-order valence-electron chi connectivity index (χ3n) is 3.00. The van der Waals surface area contributed by atoms with Crippen molar-refractivity contribution in [2.75, 3.05) is 12.8 Å². The van der Waals surface area contributed by atoms with E-state index in [9.17, 15) is 0 Å². The molecule has 20 heavy (non-hydrogen) atoms. The van der Waals surface area contributed by atoms with Crippen LogP contribution in [0.25, 0.3) is 0 Å². The van der Waals surface area contributed by atoms with E-state index in [1.807, 2.05) is 32.0 Å². The van der Waals surface area contributed by atoms with Gasteiger partial charge in [-0.05, 0) is 30.9 Å².